The van der Waals surface area contributed by atoms with Crippen molar-refractivity contribution < 1.29 is 0 Å². The second-order valence-electron chi connectivity index (χ2n) is 9.16. The molecule has 24 heavy (non-hydrogen) atoms. The molecule has 4 rings (SSSR count). The third-order valence-electron chi connectivity index (χ3n) is 5.24. The summed E-state index contributed by atoms with van der Waals surface area (Å²) in [6.45, 7) is 14.8. The molecule has 0 saturated carbocycles. The molecule has 0 bridgehead atoms. The summed E-state index contributed by atoms with van der Waals surface area (Å²) < 4.78 is 0. The van der Waals surface area contributed by atoms with Crippen molar-refractivity contribution in [3.05, 3.63) is 48.5 Å². The predicted octanol–water partition coefficient (Wildman–Crippen LogP) is 5.67. The van der Waals surface area contributed by atoms with E-state index in [9.17, 15) is 0 Å². The Bertz CT molecular complexity index is 984. The summed E-state index contributed by atoms with van der Waals surface area (Å²) in [5.74, 6) is 0. The van der Waals surface area contributed by atoms with Gasteiger partial charge in [0.25, 0.3) is 0 Å². The van der Waals surface area contributed by atoms with Crippen molar-refractivity contribution in [2.24, 2.45) is 0 Å². The summed E-state index contributed by atoms with van der Waals surface area (Å²) in [5, 5.41) is 12.0. The first-order chi connectivity index (χ1) is 11.2. The fourth-order valence-corrected chi connectivity index (χ4v) is 7.31. The highest BCUT2D eigenvalue weighted by molar-refractivity contribution is 6.92. The zero-order chi connectivity index (χ0) is 17.3. The van der Waals surface area contributed by atoms with Gasteiger partial charge in [0, 0.05) is 0 Å². The molecule has 0 unspecified atom stereocenters. The van der Waals surface area contributed by atoms with Crippen molar-refractivity contribution in [2.75, 3.05) is 0 Å². The summed E-state index contributed by atoms with van der Waals surface area (Å²) in [4.78, 5) is 0. The molecule has 0 aliphatic rings. The van der Waals surface area contributed by atoms with Gasteiger partial charge in [-0.05, 0) is 32.3 Å². The molecule has 0 amide bonds. The average Bonchev–Trinajstić information content (AvgIpc) is 2.50. The maximum absolute atomic E-state index is 2.48. The van der Waals surface area contributed by atoms with Gasteiger partial charge in [0.05, 0.1) is 16.1 Å². The maximum Gasteiger partial charge on any atom is 0.0784 e. The first-order valence-electron chi connectivity index (χ1n) is 8.89. The highest BCUT2D eigenvalue weighted by atomic mass is 28.3. The van der Waals surface area contributed by atoms with Crippen LogP contribution in [0.5, 0.6) is 0 Å². The van der Waals surface area contributed by atoms with E-state index in [0.717, 1.165) is 0 Å². The van der Waals surface area contributed by atoms with Crippen LogP contribution in [0.25, 0.3) is 32.3 Å². The molecule has 4 aromatic rings. The minimum Gasteiger partial charge on any atom is -0.0656 e. The molecule has 0 atom stereocenters. The Balaban J connectivity index is 2.35. The van der Waals surface area contributed by atoms with Gasteiger partial charge in [-0.2, -0.15) is 0 Å². The highest BCUT2D eigenvalue weighted by Gasteiger charge is 2.25. The van der Waals surface area contributed by atoms with E-state index < -0.39 is 16.1 Å². The Hall–Kier alpha value is -1.65. The minimum atomic E-state index is -1.41. The second kappa shape index (κ2) is 4.93. The van der Waals surface area contributed by atoms with Gasteiger partial charge in [-0.1, -0.05) is 98.2 Å². The summed E-state index contributed by atoms with van der Waals surface area (Å²) in [7, 11) is -2.81. The summed E-state index contributed by atoms with van der Waals surface area (Å²) >= 11 is 0. The molecular weight excluding hydrogens is 320 g/mol. The van der Waals surface area contributed by atoms with Crippen molar-refractivity contribution >= 4 is 58.8 Å². The van der Waals surface area contributed by atoms with Gasteiger partial charge in [0.15, 0.2) is 0 Å². The number of hydrogen-bond donors (Lipinski definition) is 0. The zero-order valence-corrected chi connectivity index (χ0v) is 17.6. The fraction of sp³-hybridized carbons (Fsp3) is 0.273. The van der Waals surface area contributed by atoms with Crippen molar-refractivity contribution in [1.29, 1.82) is 0 Å². The Morgan fingerprint density at radius 1 is 0.542 bits per heavy atom. The summed E-state index contributed by atoms with van der Waals surface area (Å²) in [6, 6.07) is 18.8. The van der Waals surface area contributed by atoms with Crippen LogP contribution < -0.4 is 10.4 Å². The Labute approximate surface area is 146 Å². The van der Waals surface area contributed by atoms with Crippen molar-refractivity contribution in [1.82, 2.24) is 0 Å². The molecule has 2 heteroatoms. The average molecular weight is 347 g/mol. The van der Waals surface area contributed by atoms with Crippen LogP contribution >= 0.6 is 0 Å². The van der Waals surface area contributed by atoms with Gasteiger partial charge >= 0.3 is 0 Å². The molecule has 0 saturated heterocycles. The van der Waals surface area contributed by atoms with Gasteiger partial charge in [0.2, 0.25) is 0 Å². The van der Waals surface area contributed by atoms with Crippen molar-refractivity contribution in [3.63, 3.8) is 0 Å². The largest absolute Gasteiger partial charge is 0.0784 e. The molecule has 0 aliphatic carbocycles. The van der Waals surface area contributed by atoms with Gasteiger partial charge in [-0.15, -0.1) is 0 Å². The van der Waals surface area contributed by atoms with Crippen molar-refractivity contribution in [3.8, 4) is 0 Å². The van der Waals surface area contributed by atoms with E-state index in [2.05, 4.69) is 87.8 Å². The third-order valence-corrected chi connectivity index (χ3v) is 9.30. The molecule has 0 spiro atoms. The topological polar surface area (TPSA) is 0 Å². The lowest BCUT2D eigenvalue weighted by Crippen LogP contribution is -2.40. The minimum absolute atomic E-state index is 1.41. The maximum atomic E-state index is 2.48. The predicted molar refractivity (Wildman–Crippen MR) is 116 cm³/mol. The molecule has 4 aromatic carbocycles. The molecule has 0 radical (unpaired) electrons. The van der Waals surface area contributed by atoms with E-state index in [1.165, 1.54) is 32.3 Å². The fourth-order valence-electron chi connectivity index (χ4n) is 4.10. The van der Waals surface area contributed by atoms with E-state index >= 15 is 0 Å². The number of rotatable bonds is 2. The molecule has 0 N–H and O–H groups in total. The Morgan fingerprint density at radius 3 is 1.38 bits per heavy atom. The van der Waals surface area contributed by atoms with Crippen LogP contribution in [0.3, 0.4) is 0 Å². The molecule has 0 heterocycles. The van der Waals surface area contributed by atoms with E-state index in [1.807, 2.05) is 0 Å². The monoisotopic (exact) mass is 346 g/mol. The lowest BCUT2D eigenvalue weighted by atomic mass is 9.94. The molecule has 0 nitrogen and oxygen atoms in total. The van der Waals surface area contributed by atoms with Crippen LogP contribution in [-0.4, -0.2) is 16.1 Å². The Morgan fingerprint density at radius 2 is 0.958 bits per heavy atom. The molecule has 0 fully saturated rings. The number of benzene rings is 4. The summed E-state index contributed by atoms with van der Waals surface area (Å²) in [6.07, 6.45) is 0. The smallest absolute Gasteiger partial charge is 0.0656 e. The quantitative estimate of drug-likeness (QED) is 0.324. The molecule has 0 aliphatic heterocycles. The van der Waals surface area contributed by atoms with Gasteiger partial charge in [0.1, 0.15) is 0 Å². The third kappa shape index (κ3) is 2.24. The SMILES string of the molecule is C[Si](C)(C)c1cc2cccc3cc([Si](C)(C)C)c4cccc1c4c23. The van der Waals surface area contributed by atoms with Crippen LogP contribution in [-0.2, 0) is 0 Å². The van der Waals surface area contributed by atoms with Gasteiger partial charge in [-0.3, -0.25) is 0 Å². The first kappa shape index (κ1) is 15.9. The zero-order valence-electron chi connectivity index (χ0n) is 15.6. The number of hydrogen-bond acceptors (Lipinski definition) is 0. The summed E-state index contributed by atoms with van der Waals surface area (Å²) in [5.41, 5.74) is 0. The Kier molecular flexibility index (Phi) is 3.26. The van der Waals surface area contributed by atoms with Crippen LogP contribution in [0.4, 0.5) is 0 Å². The lowest BCUT2D eigenvalue weighted by Gasteiger charge is -2.26. The second-order valence-corrected chi connectivity index (χ2v) is 19.2. The van der Waals surface area contributed by atoms with Gasteiger partial charge < -0.3 is 0 Å². The molecule has 0 aromatic heterocycles. The van der Waals surface area contributed by atoms with Crippen molar-refractivity contribution in [2.45, 2.75) is 39.3 Å². The molecular formula is C22H26Si2. The van der Waals surface area contributed by atoms with E-state index in [-0.39, 0.29) is 0 Å². The lowest BCUT2D eigenvalue weighted by molar-refractivity contribution is 1.72. The highest BCUT2D eigenvalue weighted by Crippen LogP contribution is 2.34. The molecule has 122 valence electrons. The van der Waals surface area contributed by atoms with Crippen LogP contribution in [0.1, 0.15) is 0 Å². The van der Waals surface area contributed by atoms with E-state index in [1.54, 1.807) is 10.4 Å². The van der Waals surface area contributed by atoms with Crippen LogP contribution in [0, 0.1) is 0 Å². The standard InChI is InChI=1S/C22H26Si2/c1-23(2,3)19-13-15-9-7-10-16-14-20(24(4,5)6)18-12-8-11-17(19)22(18)21(15)16/h7-14H,1-6H3. The normalized spacial score (nSPS) is 13.4. The van der Waals surface area contributed by atoms with Gasteiger partial charge in [-0.25, -0.2) is 0 Å². The van der Waals surface area contributed by atoms with E-state index in [0.29, 0.717) is 0 Å². The van der Waals surface area contributed by atoms with Crippen LogP contribution in [0.15, 0.2) is 48.5 Å². The van der Waals surface area contributed by atoms with E-state index in [4.69, 9.17) is 0 Å². The first-order valence-corrected chi connectivity index (χ1v) is 15.9. The van der Waals surface area contributed by atoms with Crippen LogP contribution in [0.2, 0.25) is 39.3 Å².